The molecule has 0 bridgehead atoms. The maximum Gasteiger partial charge on any atom is 0.180 e. The summed E-state index contributed by atoms with van der Waals surface area (Å²) in [5, 5.41) is 0.495. The van der Waals surface area contributed by atoms with Crippen LogP contribution in [-0.4, -0.2) is 4.98 Å². The molecule has 1 saturated carbocycles. The van der Waals surface area contributed by atoms with Gasteiger partial charge >= 0.3 is 0 Å². The average molecular weight is 345 g/mol. The smallest absolute Gasteiger partial charge is 0.180 e. The van der Waals surface area contributed by atoms with Gasteiger partial charge in [-0.15, -0.1) is 11.3 Å². The Morgan fingerprint density at radius 2 is 2.05 bits per heavy atom. The van der Waals surface area contributed by atoms with E-state index in [0.29, 0.717) is 23.0 Å². The zero-order valence-electron chi connectivity index (χ0n) is 9.92. The Kier molecular flexibility index (Phi) is 3.30. The fraction of sp³-hybridized carbons (Fsp3) is 0.308. The normalized spacial score (nSPS) is 14.9. The van der Waals surface area contributed by atoms with Crippen molar-refractivity contribution in [2.24, 2.45) is 0 Å². The minimum absolute atomic E-state index is 0.139. The first-order valence-corrected chi connectivity index (χ1v) is 7.54. The summed E-state index contributed by atoms with van der Waals surface area (Å²) in [6.07, 6.45) is 2.55. The number of rotatable bonds is 3. The fourth-order valence-corrected chi connectivity index (χ4v) is 3.31. The molecule has 1 aromatic heterocycles. The van der Waals surface area contributed by atoms with Gasteiger partial charge in [-0.25, -0.2) is 13.8 Å². The quantitative estimate of drug-likeness (QED) is 0.846. The second kappa shape index (κ2) is 4.83. The van der Waals surface area contributed by atoms with Crippen molar-refractivity contribution in [2.75, 3.05) is 5.73 Å². The highest BCUT2D eigenvalue weighted by molar-refractivity contribution is 9.10. The van der Waals surface area contributed by atoms with Gasteiger partial charge in [-0.3, -0.25) is 0 Å². The van der Waals surface area contributed by atoms with E-state index in [1.54, 1.807) is 0 Å². The minimum atomic E-state index is -0.457. The van der Waals surface area contributed by atoms with Crippen LogP contribution in [0.25, 0.3) is 0 Å². The first-order chi connectivity index (χ1) is 9.04. The van der Waals surface area contributed by atoms with Gasteiger partial charge in [0.2, 0.25) is 0 Å². The van der Waals surface area contributed by atoms with Crippen LogP contribution in [0.2, 0.25) is 0 Å². The molecule has 0 unspecified atom stereocenters. The molecule has 2 nitrogen and oxygen atoms in total. The molecule has 2 N–H and O–H groups in total. The molecule has 0 saturated heterocycles. The summed E-state index contributed by atoms with van der Waals surface area (Å²) in [6.45, 7) is 0. The fourth-order valence-electron chi connectivity index (χ4n) is 2.06. The summed E-state index contributed by atoms with van der Waals surface area (Å²) in [4.78, 5) is 5.25. The summed E-state index contributed by atoms with van der Waals surface area (Å²) in [6, 6.07) is 2.39. The molecule has 0 amide bonds. The number of halogens is 3. The lowest BCUT2D eigenvalue weighted by Gasteiger charge is -2.05. The number of thiazole rings is 1. The van der Waals surface area contributed by atoms with E-state index in [-0.39, 0.29) is 4.47 Å². The van der Waals surface area contributed by atoms with E-state index in [9.17, 15) is 8.78 Å². The van der Waals surface area contributed by atoms with Crippen LogP contribution in [0.4, 0.5) is 13.9 Å². The second-order valence-corrected chi connectivity index (χ2v) is 6.64. The number of nitrogen functional groups attached to an aromatic ring is 1. The topological polar surface area (TPSA) is 38.9 Å². The van der Waals surface area contributed by atoms with Crippen LogP contribution in [0.15, 0.2) is 16.6 Å². The van der Waals surface area contributed by atoms with E-state index in [1.807, 2.05) is 0 Å². The highest BCUT2D eigenvalue weighted by Gasteiger charge is 2.29. The number of hydrogen-bond donors (Lipinski definition) is 1. The van der Waals surface area contributed by atoms with Crippen LogP contribution >= 0.6 is 27.3 Å². The lowest BCUT2D eigenvalue weighted by atomic mass is 10.1. The Morgan fingerprint density at radius 1 is 1.32 bits per heavy atom. The van der Waals surface area contributed by atoms with E-state index in [4.69, 9.17) is 5.73 Å². The van der Waals surface area contributed by atoms with E-state index < -0.39 is 11.6 Å². The van der Waals surface area contributed by atoms with E-state index in [0.717, 1.165) is 29.5 Å². The van der Waals surface area contributed by atoms with Crippen molar-refractivity contribution in [1.29, 1.82) is 0 Å². The minimum Gasteiger partial charge on any atom is -0.375 e. The maximum atomic E-state index is 13.8. The van der Waals surface area contributed by atoms with E-state index >= 15 is 0 Å². The van der Waals surface area contributed by atoms with Gasteiger partial charge in [-0.05, 0) is 46.5 Å². The third-order valence-electron chi connectivity index (χ3n) is 3.15. The third kappa shape index (κ3) is 2.65. The molecular formula is C13H11BrF2N2S. The molecular weight excluding hydrogens is 334 g/mol. The molecule has 1 aliphatic carbocycles. The van der Waals surface area contributed by atoms with Crippen molar-refractivity contribution in [1.82, 2.24) is 4.98 Å². The number of nitrogens with two attached hydrogens (primary N) is 1. The van der Waals surface area contributed by atoms with Crippen molar-refractivity contribution in [3.63, 3.8) is 0 Å². The van der Waals surface area contributed by atoms with Gasteiger partial charge in [0.1, 0.15) is 11.6 Å². The molecule has 1 fully saturated rings. The number of hydrogen-bond acceptors (Lipinski definition) is 3. The van der Waals surface area contributed by atoms with Crippen molar-refractivity contribution in [3.8, 4) is 0 Å². The van der Waals surface area contributed by atoms with E-state index in [2.05, 4.69) is 20.9 Å². The number of anilines is 1. The molecule has 0 aliphatic heterocycles. The Balaban J connectivity index is 1.95. The summed E-state index contributed by atoms with van der Waals surface area (Å²) in [7, 11) is 0. The third-order valence-corrected chi connectivity index (χ3v) is 4.66. The van der Waals surface area contributed by atoms with Crippen molar-refractivity contribution < 1.29 is 8.78 Å². The molecule has 6 heteroatoms. The predicted octanol–water partition coefficient (Wildman–Crippen LogP) is 4.23. The summed E-state index contributed by atoms with van der Waals surface area (Å²) >= 11 is 4.33. The maximum absolute atomic E-state index is 13.8. The van der Waals surface area contributed by atoms with Crippen LogP contribution in [-0.2, 0) is 6.42 Å². The Hall–Kier alpha value is -1.01. The first kappa shape index (κ1) is 13.0. The van der Waals surface area contributed by atoms with Crippen LogP contribution in [0.3, 0.4) is 0 Å². The van der Waals surface area contributed by atoms with Gasteiger partial charge in [0.25, 0.3) is 0 Å². The van der Waals surface area contributed by atoms with Crippen LogP contribution in [0.5, 0.6) is 0 Å². The molecule has 3 rings (SSSR count). The first-order valence-electron chi connectivity index (χ1n) is 5.93. The number of benzene rings is 1. The van der Waals surface area contributed by atoms with Crippen LogP contribution in [0, 0.1) is 11.6 Å². The molecule has 1 aromatic carbocycles. The van der Waals surface area contributed by atoms with Crippen molar-refractivity contribution in [2.45, 2.75) is 25.2 Å². The van der Waals surface area contributed by atoms with Gasteiger partial charge < -0.3 is 5.73 Å². The molecule has 1 aliphatic rings. The zero-order valence-corrected chi connectivity index (χ0v) is 12.3. The van der Waals surface area contributed by atoms with Gasteiger partial charge in [0.15, 0.2) is 5.13 Å². The van der Waals surface area contributed by atoms with Crippen molar-refractivity contribution in [3.05, 3.63) is 44.4 Å². The molecule has 2 aromatic rings. The Bertz CT molecular complexity index is 638. The van der Waals surface area contributed by atoms with Crippen molar-refractivity contribution >= 4 is 32.4 Å². The molecule has 0 radical (unpaired) electrons. The Labute approximate surface area is 121 Å². The standard InChI is InChI=1S/C13H11BrF2N2S/c14-8-5-9(15)7(3-10(8)16)4-11-12(6-1-2-6)18-13(17)19-11/h3,5-6H,1-2,4H2,(H2,17,18). The second-order valence-electron chi connectivity index (χ2n) is 4.67. The van der Waals surface area contributed by atoms with Gasteiger partial charge in [0.05, 0.1) is 10.2 Å². The van der Waals surface area contributed by atoms with Gasteiger partial charge in [0, 0.05) is 17.2 Å². The monoisotopic (exact) mass is 344 g/mol. The highest BCUT2D eigenvalue weighted by atomic mass is 79.9. The largest absolute Gasteiger partial charge is 0.375 e. The summed E-state index contributed by atoms with van der Waals surface area (Å²) < 4.78 is 27.5. The average Bonchev–Trinajstić information content (AvgIpc) is 3.11. The predicted molar refractivity (Wildman–Crippen MR) is 75.4 cm³/mol. The lowest BCUT2D eigenvalue weighted by Crippen LogP contribution is -1.96. The Morgan fingerprint density at radius 3 is 2.74 bits per heavy atom. The summed E-state index contributed by atoms with van der Waals surface area (Å²) in [5.41, 5.74) is 7.03. The molecule has 0 atom stereocenters. The van der Waals surface area contributed by atoms with Crippen LogP contribution < -0.4 is 5.73 Å². The number of nitrogens with zero attached hydrogens (tertiary/aromatic N) is 1. The SMILES string of the molecule is Nc1nc(C2CC2)c(Cc2cc(F)c(Br)cc2F)s1. The molecule has 1 heterocycles. The van der Waals surface area contributed by atoms with Gasteiger partial charge in [-0.2, -0.15) is 0 Å². The number of aromatic nitrogens is 1. The molecule has 100 valence electrons. The van der Waals surface area contributed by atoms with Gasteiger partial charge in [-0.1, -0.05) is 0 Å². The highest BCUT2D eigenvalue weighted by Crippen LogP contribution is 2.43. The lowest BCUT2D eigenvalue weighted by molar-refractivity contribution is 0.583. The van der Waals surface area contributed by atoms with E-state index in [1.165, 1.54) is 17.4 Å². The molecule has 19 heavy (non-hydrogen) atoms. The van der Waals surface area contributed by atoms with Crippen LogP contribution in [0.1, 0.15) is 34.9 Å². The summed E-state index contributed by atoms with van der Waals surface area (Å²) in [5.74, 6) is -0.421. The zero-order chi connectivity index (χ0) is 13.6. The molecule has 0 spiro atoms.